The van der Waals surface area contributed by atoms with E-state index in [0.29, 0.717) is 27.8 Å². The lowest BCUT2D eigenvalue weighted by atomic mass is 10.1. The van der Waals surface area contributed by atoms with Gasteiger partial charge in [0.15, 0.2) is 0 Å². The molecule has 1 aromatic carbocycles. The first kappa shape index (κ1) is 19.7. The van der Waals surface area contributed by atoms with Gasteiger partial charge in [-0.05, 0) is 43.7 Å². The first-order valence-electron chi connectivity index (χ1n) is 8.45. The van der Waals surface area contributed by atoms with Gasteiger partial charge in [-0.3, -0.25) is 4.79 Å². The van der Waals surface area contributed by atoms with Gasteiger partial charge in [0.1, 0.15) is 10.8 Å². The van der Waals surface area contributed by atoms with Crippen LogP contribution in [0.25, 0.3) is 11.4 Å². The fraction of sp³-hybridized carbons (Fsp3) is 0.263. The molecule has 2 heterocycles. The van der Waals surface area contributed by atoms with Gasteiger partial charge in [0.25, 0.3) is 0 Å². The molecule has 0 saturated carbocycles. The Morgan fingerprint density at radius 2 is 1.96 bits per heavy atom. The molecule has 0 aliphatic rings. The second-order valence-corrected chi connectivity index (χ2v) is 7.27. The van der Waals surface area contributed by atoms with Crippen LogP contribution in [0.3, 0.4) is 0 Å². The second-order valence-electron chi connectivity index (χ2n) is 6.05. The van der Waals surface area contributed by atoms with Gasteiger partial charge in [-0.2, -0.15) is 4.98 Å². The summed E-state index contributed by atoms with van der Waals surface area (Å²) in [7, 11) is 1.30. The number of methoxy groups -OCH3 is 1. The Balaban J connectivity index is 1.63. The average Bonchev–Trinajstić information content (AvgIpc) is 3.25. The van der Waals surface area contributed by atoms with Gasteiger partial charge < -0.3 is 14.6 Å². The fourth-order valence-corrected chi connectivity index (χ4v) is 3.61. The number of carbonyl (C=O) groups is 2. The van der Waals surface area contributed by atoms with Gasteiger partial charge in [-0.25, -0.2) is 9.18 Å². The van der Waals surface area contributed by atoms with E-state index in [2.05, 4.69) is 15.5 Å². The van der Waals surface area contributed by atoms with Gasteiger partial charge >= 0.3 is 5.97 Å². The van der Waals surface area contributed by atoms with E-state index >= 15 is 0 Å². The highest BCUT2D eigenvalue weighted by atomic mass is 32.1. The molecular formula is C19H18FN3O4S. The lowest BCUT2D eigenvalue weighted by Gasteiger charge is -2.05. The van der Waals surface area contributed by atoms with E-state index in [9.17, 15) is 14.0 Å². The predicted molar refractivity (Wildman–Crippen MR) is 102 cm³/mol. The van der Waals surface area contributed by atoms with Crippen molar-refractivity contribution < 1.29 is 23.2 Å². The molecule has 0 unspecified atom stereocenters. The largest absolute Gasteiger partial charge is 0.465 e. The highest BCUT2D eigenvalue weighted by Crippen LogP contribution is 2.33. The molecule has 0 spiro atoms. The summed E-state index contributed by atoms with van der Waals surface area (Å²) in [5, 5.41) is 7.05. The number of carbonyl (C=O) groups excluding carboxylic acids is 2. The summed E-state index contributed by atoms with van der Waals surface area (Å²) in [6.45, 7) is 3.68. The number of aryl methyl sites for hydroxylation is 2. The summed E-state index contributed by atoms with van der Waals surface area (Å²) in [6, 6.07) is 5.71. The molecule has 0 fully saturated rings. The van der Waals surface area contributed by atoms with Crippen LogP contribution in [-0.2, 0) is 16.0 Å². The fourth-order valence-electron chi connectivity index (χ4n) is 2.55. The molecule has 0 radical (unpaired) electrons. The number of hydrogen-bond donors (Lipinski definition) is 1. The third-order valence-corrected chi connectivity index (χ3v) is 5.29. The summed E-state index contributed by atoms with van der Waals surface area (Å²) >= 11 is 1.32. The van der Waals surface area contributed by atoms with E-state index in [-0.39, 0.29) is 24.6 Å². The van der Waals surface area contributed by atoms with Gasteiger partial charge in [0.2, 0.25) is 17.6 Å². The minimum absolute atomic E-state index is 0.0989. The molecule has 1 amide bonds. The Hall–Kier alpha value is -3.07. The number of anilines is 1. The smallest absolute Gasteiger partial charge is 0.341 e. The second kappa shape index (κ2) is 8.30. The summed E-state index contributed by atoms with van der Waals surface area (Å²) in [4.78, 5) is 29.4. The maximum absolute atomic E-state index is 13.0. The van der Waals surface area contributed by atoms with Crippen molar-refractivity contribution in [3.63, 3.8) is 0 Å². The van der Waals surface area contributed by atoms with E-state index in [4.69, 9.17) is 9.26 Å². The van der Waals surface area contributed by atoms with Crippen molar-refractivity contribution in [2.75, 3.05) is 12.4 Å². The molecule has 0 aliphatic heterocycles. The molecule has 28 heavy (non-hydrogen) atoms. The molecule has 3 aromatic rings. The molecule has 0 saturated heterocycles. The van der Waals surface area contributed by atoms with Crippen molar-refractivity contribution in [3.8, 4) is 11.4 Å². The third kappa shape index (κ3) is 4.25. The maximum Gasteiger partial charge on any atom is 0.341 e. The average molecular weight is 403 g/mol. The SMILES string of the molecule is COC(=O)c1c(NC(=O)CCc2nc(-c3ccc(F)cc3)no2)sc(C)c1C. The number of esters is 1. The lowest BCUT2D eigenvalue weighted by Crippen LogP contribution is -2.14. The number of hydrogen-bond acceptors (Lipinski definition) is 7. The summed E-state index contributed by atoms with van der Waals surface area (Å²) in [5.41, 5.74) is 1.77. The van der Waals surface area contributed by atoms with E-state index in [1.54, 1.807) is 12.1 Å². The van der Waals surface area contributed by atoms with Crippen LogP contribution in [0.2, 0.25) is 0 Å². The van der Waals surface area contributed by atoms with Gasteiger partial charge in [0, 0.05) is 23.3 Å². The number of nitrogens with zero attached hydrogens (tertiary/aromatic N) is 2. The van der Waals surface area contributed by atoms with Gasteiger partial charge in [-0.1, -0.05) is 5.16 Å². The zero-order chi connectivity index (χ0) is 20.3. The zero-order valence-corrected chi connectivity index (χ0v) is 16.4. The van der Waals surface area contributed by atoms with Crippen LogP contribution in [0.1, 0.15) is 33.1 Å². The number of thiophene rings is 1. The molecule has 3 rings (SSSR count). The van der Waals surface area contributed by atoms with Gasteiger partial charge in [0.05, 0.1) is 12.7 Å². The highest BCUT2D eigenvalue weighted by Gasteiger charge is 2.21. The summed E-state index contributed by atoms with van der Waals surface area (Å²) in [5.74, 6) is -0.505. The van der Waals surface area contributed by atoms with Crippen LogP contribution in [0, 0.1) is 19.7 Å². The van der Waals surface area contributed by atoms with E-state index < -0.39 is 5.97 Å². The zero-order valence-electron chi connectivity index (χ0n) is 15.5. The minimum atomic E-state index is -0.488. The van der Waals surface area contributed by atoms with Crippen molar-refractivity contribution >= 4 is 28.2 Å². The number of rotatable bonds is 6. The predicted octanol–water partition coefficient (Wildman–Crippen LogP) is 3.91. The molecule has 146 valence electrons. The number of aromatic nitrogens is 2. The quantitative estimate of drug-likeness (QED) is 0.627. The Labute approximate surface area is 164 Å². The molecule has 1 N–H and O–H groups in total. The summed E-state index contributed by atoms with van der Waals surface area (Å²) < 4.78 is 22.9. The van der Waals surface area contributed by atoms with Crippen molar-refractivity contribution in [2.24, 2.45) is 0 Å². The van der Waals surface area contributed by atoms with Crippen molar-refractivity contribution in [1.82, 2.24) is 10.1 Å². The molecule has 2 aromatic heterocycles. The standard InChI is InChI=1S/C19H18FN3O4S/c1-10-11(2)28-18(16(10)19(25)26-3)21-14(24)8-9-15-22-17(23-27-15)12-4-6-13(20)7-5-12/h4-7H,8-9H2,1-3H3,(H,21,24). The van der Waals surface area contributed by atoms with E-state index in [1.165, 1.54) is 30.6 Å². The van der Waals surface area contributed by atoms with Crippen LogP contribution in [0.5, 0.6) is 0 Å². The number of ether oxygens (including phenoxy) is 1. The van der Waals surface area contributed by atoms with Gasteiger partial charge in [-0.15, -0.1) is 11.3 Å². The molecular weight excluding hydrogens is 385 g/mol. The van der Waals surface area contributed by atoms with E-state index in [0.717, 1.165) is 10.4 Å². The monoisotopic (exact) mass is 403 g/mol. The molecule has 0 bridgehead atoms. The lowest BCUT2D eigenvalue weighted by molar-refractivity contribution is -0.116. The van der Waals surface area contributed by atoms with Crippen LogP contribution in [-0.4, -0.2) is 29.1 Å². The normalized spacial score (nSPS) is 10.7. The Kier molecular flexibility index (Phi) is 5.84. The first-order chi connectivity index (χ1) is 13.4. The van der Waals surface area contributed by atoms with Crippen LogP contribution in [0.4, 0.5) is 9.39 Å². The molecule has 9 heteroatoms. The molecule has 0 aliphatic carbocycles. The van der Waals surface area contributed by atoms with Crippen LogP contribution >= 0.6 is 11.3 Å². The number of amides is 1. The number of halogens is 1. The summed E-state index contributed by atoms with van der Waals surface area (Å²) in [6.07, 6.45) is 0.332. The topological polar surface area (TPSA) is 94.3 Å². The van der Waals surface area contributed by atoms with E-state index in [1.807, 2.05) is 13.8 Å². The minimum Gasteiger partial charge on any atom is -0.465 e. The first-order valence-corrected chi connectivity index (χ1v) is 9.27. The third-order valence-electron chi connectivity index (χ3n) is 4.16. The van der Waals surface area contributed by atoms with Crippen molar-refractivity contribution in [2.45, 2.75) is 26.7 Å². The van der Waals surface area contributed by atoms with Crippen LogP contribution < -0.4 is 5.32 Å². The number of nitrogens with one attached hydrogen (secondary N) is 1. The Morgan fingerprint density at radius 1 is 1.25 bits per heavy atom. The molecule has 7 nitrogen and oxygen atoms in total. The molecule has 0 atom stereocenters. The van der Waals surface area contributed by atoms with Crippen molar-refractivity contribution in [1.29, 1.82) is 0 Å². The van der Waals surface area contributed by atoms with Crippen molar-refractivity contribution in [3.05, 3.63) is 52.0 Å². The highest BCUT2D eigenvalue weighted by molar-refractivity contribution is 7.16. The Morgan fingerprint density at radius 3 is 2.64 bits per heavy atom. The number of benzene rings is 1. The maximum atomic E-state index is 13.0. The Bertz CT molecular complexity index is 1010. The van der Waals surface area contributed by atoms with Crippen LogP contribution in [0.15, 0.2) is 28.8 Å².